The van der Waals surface area contributed by atoms with Gasteiger partial charge in [-0.05, 0) is 12.1 Å². The lowest BCUT2D eigenvalue weighted by Crippen LogP contribution is -2.44. The molecule has 0 amide bonds. The third-order valence-corrected chi connectivity index (χ3v) is 2.93. The Morgan fingerprint density at radius 3 is 2.71 bits per heavy atom. The first-order chi connectivity index (χ1) is 8.45. The third kappa shape index (κ3) is 2.01. The third-order valence-electron chi connectivity index (χ3n) is 2.93. The second kappa shape index (κ2) is 4.55. The van der Waals surface area contributed by atoms with Crippen LogP contribution < -0.4 is 10.2 Å². The molecule has 1 aliphatic heterocycles. The van der Waals surface area contributed by atoms with E-state index in [9.17, 15) is 0 Å². The molecule has 0 atom stereocenters. The summed E-state index contributed by atoms with van der Waals surface area (Å²) in [6.07, 6.45) is 3.62. The number of rotatable bonds is 2. The van der Waals surface area contributed by atoms with E-state index < -0.39 is 0 Å². The molecule has 1 fully saturated rings. The van der Waals surface area contributed by atoms with Gasteiger partial charge in [-0.25, -0.2) is 4.98 Å². The molecule has 0 aromatic carbocycles. The van der Waals surface area contributed by atoms with Crippen LogP contribution in [-0.4, -0.2) is 40.9 Å². The van der Waals surface area contributed by atoms with Crippen LogP contribution in [0.1, 0.15) is 0 Å². The molecule has 0 spiro atoms. The van der Waals surface area contributed by atoms with Crippen molar-refractivity contribution in [3.63, 3.8) is 0 Å². The second-order valence-electron chi connectivity index (χ2n) is 4.03. The van der Waals surface area contributed by atoms with Crippen molar-refractivity contribution in [2.45, 2.75) is 0 Å². The van der Waals surface area contributed by atoms with E-state index >= 15 is 0 Å². The highest BCUT2D eigenvalue weighted by molar-refractivity contribution is 5.44. The molecular formula is C12H15N5. The lowest BCUT2D eigenvalue weighted by atomic mass is 10.3. The maximum Gasteiger partial charge on any atom is 0.155 e. The quantitative estimate of drug-likeness (QED) is 0.822. The van der Waals surface area contributed by atoms with Crippen molar-refractivity contribution in [2.75, 3.05) is 31.1 Å². The summed E-state index contributed by atoms with van der Waals surface area (Å²) in [7, 11) is 0. The van der Waals surface area contributed by atoms with Crippen molar-refractivity contribution in [3.05, 3.63) is 36.7 Å². The molecule has 0 aliphatic carbocycles. The molecule has 88 valence electrons. The molecule has 5 nitrogen and oxygen atoms in total. The van der Waals surface area contributed by atoms with Gasteiger partial charge in [0.1, 0.15) is 5.82 Å². The molecule has 0 radical (unpaired) electrons. The van der Waals surface area contributed by atoms with Gasteiger partial charge in [-0.15, -0.1) is 0 Å². The van der Waals surface area contributed by atoms with E-state index in [2.05, 4.69) is 20.3 Å². The van der Waals surface area contributed by atoms with Crippen LogP contribution in [0.2, 0.25) is 0 Å². The molecule has 2 aromatic rings. The van der Waals surface area contributed by atoms with Gasteiger partial charge in [-0.3, -0.25) is 0 Å². The summed E-state index contributed by atoms with van der Waals surface area (Å²) >= 11 is 0. The first-order valence-electron chi connectivity index (χ1n) is 5.86. The van der Waals surface area contributed by atoms with Crippen LogP contribution in [0.15, 0.2) is 36.7 Å². The molecular weight excluding hydrogens is 214 g/mol. The Labute approximate surface area is 100 Å². The van der Waals surface area contributed by atoms with Gasteiger partial charge in [0.2, 0.25) is 0 Å². The summed E-state index contributed by atoms with van der Waals surface area (Å²) in [6, 6.07) is 7.90. The molecule has 1 aliphatic rings. The highest BCUT2D eigenvalue weighted by Gasteiger charge is 2.15. The summed E-state index contributed by atoms with van der Waals surface area (Å²) in [5.41, 5.74) is 0. The van der Waals surface area contributed by atoms with E-state index in [1.165, 1.54) is 0 Å². The first-order valence-corrected chi connectivity index (χ1v) is 5.86. The fourth-order valence-corrected chi connectivity index (χ4v) is 2.09. The van der Waals surface area contributed by atoms with Crippen molar-refractivity contribution in [3.8, 4) is 5.82 Å². The van der Waals surface area contributed by atoms with Gasteiger partial charge in [0.05, 0.1) is 6.20 Å². The summed E-state index contributed by atoms with van der Waals surface area (Å²) in [4.78, 5) is 6.67. The topological polar surface area (TPSA) is 46.0 Å². The Kier molecular flexibility index (Phi) is 2.75. The van der Waals surface area contributed by atoms with Crippen LogP contribution in [0.4, 0.5) is 5.82 Å². The van der Waals surface area contributed by atoms with Crippen molar-refractivity contribution in [1.82, 2.24) is 20.1 Å². The average molecular weight is 229 g/mol. The smallest absolute Gasteiger partial charge is 0.155 e. The van der Waals surface area contributed by atoms with Crippen molar-refractivity contribution in [2.24, 2.45) is 0 Å². The molecule has 17 heavy (non-hydrogen) atoms. The maximum atomic E-state index is 4.35. The lowest BCUT2D eigenvalue weighted by molar-refractivity contribution is 0.578. The van der Waals surface area contributed by atoms with Crippen molar-refractivity contribution >= 4 is 5.82 Å². The highest BCUT2D eigenvalue weighted by atomic mass is 15.4. The van der Waals surface area contributed by atoms with Crippen LogP contribution in [-0.2, 0) is 0 Å². The fraction of sp³-hybridized carbons (Fsp3) is 0.333. The number of hydrogen-bond acceptors (Lipinski definition) is 4. The lowest BCUT2D eigenvalue weighted by Gasteiger charge is -2.29. The zero-order valence-corrected chi connectivity index (χ0v) is 9.58. The number of aromatic nitrogens is 3. The number of nitrogens with one attached hydrogen (secondary N) is 1. The summed E-state index contributed by atoms with van der Waals surface area (Å²) in [6.45, 7) is 4.07. The molecule has 1 N–H and O–H groups in total. The molecule has 5 heteroatoms. The Hall–Kier alpha value is -1.88. The van der Waals surface area contributed by atoms with Gasteiger partial charge in [-0.2, -0.15) is 9.78 Å². The Morgan fingerprint density at radius 2 is 1.94 bits per heavy atom. The number of pyridine rings is 1. The molecule has 0 saturated carbocycles. The second-order valence-corrected chi connectivity index (χ2v) is 4.03. The van der Waals surface area contributed by atoms with Crippen LogP contribution >= 0.6 is 0 Å². The molecule has 0 unspecified atom stereocenters. The molecule has 0 bridgehead atoms. The van der Waals surface area contributed by atoms with Crippen LogP contribution in [0, 0.1) is 0 Å². The highest BCUT2D eigenvalue weighted by Crippen LogP contribution is 2.17. The maximum absolute atomic E-state index is 4.35. The Bertz CT molecular complexity index is 473. The number of anilines is 1. The molecule has 3 heterocycles. The van der Waals surface area contributed by atoms with Gasteiger partial charge in [0, 0.05) is 38.4 Å². The number of hydrogen-bond donors (Lipinski definition) is 1. The standard InChI is InChI=1S/C12H15N5/c1-2-5-14-11(3-1)17-12(4-6-15-17)16-9-7-13-8-10-16/h1-6,13H,7-10H2. The van der Waals surface area contributed by atoms with E-state index in [1.54, 1.807) is 6.20 Å². The zero-order chi connectivity index (χ0) is 11.5. The van der Waals surface area contributed by atoms with E-state index in [-0.39, 0.29) is 0 Å². The molecule has 1 saturated heterocycles. The summed E-state index contributed by atoms with van der Waals surface area (Å²) < 4.78 is 1.89. The van der Waals surface area contributed by atoms with Crippen molar-refractivity contribution < 1.29 is 0 Å². The Morgan fingerprint density at radius 1 is 1.06 bits per heavy atom. The van der Waals surface area contributed by atoms with E-state index in [4.69, 9.17) is 0 Å². The minimum Gasteiger partial charge on any atom is -0.354 e. The molecule has 3 rings (SSSR count). The monoisotopic (exact) mass is 229 g/mol. The predicted molar refractivity (Wildman–Crippen MR) is 66.4 cm³/mol. The minimum atomic E-state index is 0.867. The predicted octanol–water partition coefficient (Wildman–Crippen LogP) is 0.677. The van der Waals surface area contributed by atoms with Crippen LogP contribution in [0.5, 0.6) is 0 Å². The summed E-state index contributed by atoms with van der Waals surface area (Å²) in [5.74, 6) is 1.98. The fourth-order valence-electron chi connectivity index (χ4n) is 2.09. The zero-order valence-electron chi connectivity index (χ0n) is 9.58. The van der Waals surface area contributed by atoms with E-state index in [0.29, 0.717) is 0 Å². The van der Waals surface area contributed by atoms with Gasteiger partial charge in [0.15, 0.2) is 5.82 Å². The van der Waals surface area contributed by atoms with Crippen molar-refractivity contribution in [1.29, 1.82) is 0 Å². The Balaban J connectivity index is 1.93. The van der Waals surface area contributed by atoms with E-state index in [1.807, 2.05) is 35.1 Å². The first kappa shape index (κ1) is 10.3. The normalized spacial score (nSPS) is 16.1. The van der Waals surface area contributed by atoms with Gasteiger partial charge < -0.3 is 10.2 Å². The van der Waals surface area contributed by atoms with E-state index in [0.717, 1.165) is 37.8 Å². The van der Waals surface area contributed by atoms with Gasteiger partial charge in [-0.1, -0.05) is 6.07 Å². The number of piperazine rings is 1. The SMILES string of the molecule is c1ccc(-n2nccc2N2CCNCC2)nc1. The van der Waals surface area contributed by atoms with Crippen LogP contribution in [0.3, 0.4) is 0 Å². The largest absolute Gasteiger partial charge is 0.354 e. The molecule has 2 aromatic heterocycles. The summed E-state index contributed by atoms with van der Waals surface area (Å²) in [5, 5.41) is 7.70. The van der Waals surface area contributed by atoms with Gasteiger partial charge in [0.25, 0.3) is 0 Å². The average Bonchev–Trinajstić information content (AvgIpc) is 2.90. The van der Waals surface area contributed by atoms with Gasteiger partial charge >= 0.3 is 0 Å². The van der Waals surface area contributed by atoms with Crippen LogP contribution in [0.25, 0.3) is 5.82 Å². The minimum absolute atomic E-state index is 0.867. The number of nitrogens with zero attached hydrogens (tertiary/aromatic N) is 4.